The van der Waals surface area contributed by atoms with Gasteiger partial charge < -0.3 is 9.88 Å². The van der Waals surface area contributed by atoms with E-state index < -0.39 is 0 Å². The van der Waals surface area contributed by atoms with Gasteiger partial charge in [-0.25, -0.2) is 4.68 Å². The molecule has 1 amide bonds. The number of amides is 1. The summed E-state index contributed by atoms with van der Waals surface area (Å²) in [5.41, 5.74) is 5.52. The molecule has 148 valence electrons. The highest BCUT2D eigenvalue weighted by Crippen LogP contribution is 2.15. The van der Waals surface area contributed by atoms with Crippen LogP contribution in [0.2, 0.25) is 0 Å². The molecule has 1 N–H and O–H groups in total. The summed E-state index contributed by atoms with van der Waals surface area (Å²) in [6.45, 7) is 5.45. The second-order valence-electron chi connectivity index (χ2n) is 7.42. The number of aromatic nitrogens is 3. The Hall–Kier alpha value is -3.34. The van der Waals surface area contributed by atoms with E-state index in [2.05, 4.69) is 76.6 Å². The van der Waals surface area contributed by atoms with E-state index in [1.807, 2.05) is 23.7 Å². The summed E-state index contributed by atoms with van der Waals surface area (Å²) >= 11 is 0. The van der Waals surface area contributed by atoms with Gasteiger partial charge in [0.1, 0.15) is 0 Å². The summed E-state index contributed by atoms with van der Waals surface area (Å²) in [7, 11) is 0. The van der Waals surface area contributed by atoms with Crippen molar-refractivity contribution in [3.8, 4) is 5.69 Å². The number of fused-ring (bicyclic) bond motifs is 1. The van der Waals surface area contributed by atoms with Crippen LogP contribution in [0.1, 0.15) is 23.4 Å². The van der Waals surface area contributed by atoms with Gasteiger partial charge in [0, 0.05) is 36.9 Å². The number of rotatable bonds is 7. The lowest BCUT2D eigenvalue weighted by molar-refractivity contribution is -0.121. The van der Waals surface area contributed by atoms with E-state index in [-0.39, 0.29) is 5.91 Å². The van der Waals surface area contributed by atoms with Crippen molar-refractivity contribution < 1.29 is 4.79 Å². The molecule has 0 unspecified atom stereocenters. The van der Waals surface area contributed by atoms with Crippen LogP contribution in [0.5, 0.6) is 0 Å². The fraction of sp³-hybridized carbons (Fsp3) is 0.250. The van der Waals surface area contributed by atoms with E-state index in [0.29, 0.717) is 13.0 Å². The molecule has 29 heavy (non-hydrogen) atoms. The summed E-state index contributed by atoms with van der Waals surface area (Å²) < 4.78 is 4.12. The summed E-state index contributed by atoms with van der Waals surface area (Å²) in [6, 6.07) is 20.7. The van der Waals surface area contributed by atoms with E-state index in [4.69, 9.17) is 0 Å². The smallest absolute Gasteiger partial charge is 0.220 e. The van der Waals surface area contributed by atoms with E-state index in [0.717, 1.165) is 35.6 Å². The van der Waals surface area contributed by atoms with Crippen LogP contribution in [0.3, 0.4) is 0 Å². The van der Waals surface area contributed by atoms with Crippen molar-refractivity contribution >= 4 is 16.8 Å². The first-order chi connectivity index (χ1) is 14.1. The number of para-hydroxylation sites is 1. The Morgan fingerprint density at radius 2 is 1.83 bits per heavy atom. The van der Waals surface area contributed by atoms with Crippen molar-refractivity contribution in [1.29, 1.82) is 0 Å². The largest absolute Gasteiger partial charge is 0.354 e. The van der Waals surface area contributed by atoms with Crippen LogP contribution < -0.4 is 5.32 Å². The fourth-order valence-corrected chi connectivity index (χ4v) is 3.69. The highest BCUT2D eigenvalue weighted by molar-refractivity contribution is 5.80. The zero-order valence-electron chi connectivity index (χ0n) is 16.9. The number of hydrogen-bond acceptors (Lipinski definition) is 2. The van der Waals surface area contributed by atoms with Crippen LogP contribution in [0, 0.1) is 13.8 Å². The number of carbonyl (C=O) groups excluding carboxylic acids is 1. The van der Waals surface area contributed by atoms with Crippen LogP contribution >= 0.6 is 0 Å². The van der Waals surface area contributed by atoms with Crippen molar-refractivity contribution in [1.82, 2.24) is 19.7 Å². The molecular formula is C24H26N4O. The van der Waals surface area contributed by atoms with Crippen LogP contribution in [0.15, 0.2) is 66.9 Å². The summed E-state index contributed by atoms with van der Waals surface area (Å²) in [5, 5.41) is 8.76. The van der Waals surface area contributed by atoms with Crippen molar-refractivity contribution in [2.75, 3.05) is 6.54 Å². The Morgan fingerprint density at radius 1 is 1.03 bits per heavy atom. The Kier molecular flexibility index (Phi) is 5.47. The summed E-state index contributed by atoms with van der Waals surface area (Å²) in [6.07, 6.45) is 3.29. The Morgan fingerprint density at radius 3 is 2.59 bits per heavy atom. The van der Waals surface area contributed by atoms with Gasteiger partial charge in [-0.1, -0.05) is 30.3 Å². The normalized spacial score (nSPS) is 11.1. The van der Waals surface area contributed by atoms with Gasteiger partial charge >= 0.3 is 0 Å². The van der Waals surface area contributed by atoms with E-state index >= 15 is 0 Å². The molecule has 2 aromatic carbocycles. The van der Waals surface area contributed by atoms with Gasteiger partial charge in [0.05, 0.1) is 11.4 Å². The molecule has 5 heteroatoms. The van der Waals surface area contributed by atoms with Gasteiger partial charge in [-0.15, -0.1) is 0 Å². The van der Waals surface area contributed by atoms with Gasteiger partial charge in [-0.05, 0) is 61.5 Å². The number of hydrogen-bond donors (Lipinski definition) is 1. The summed E-state index contributed by atoms with van der Waals surface area (Å²) in [4.78, 5) is 12.2. The van der Waals surface area contributed by atoms with Crippen molar-refractivity contribution in [3.05, 3.63) is 83.8 Å². The van der Waals surface area contributed by atoms with Gasteiger partial charge in [-0.2, -0.15) is 5.10 Å². The number of nitrogens with zero attached hydrogens (tertiary/aromatic N) is 3. The Balaban J connectivity index is 1.26. The van der Waals surface area contributed by atoms with Crippen LogP contribution in [-0.2, 0) is 17.8 Å². The molecule has 0 aliphatic carbocycles. The molecule has 0 atom stereocenters. The molecule has 0 radical (unpaired) electrons. The first-order valence-corrected chi connectivity index (χ1v) is 10.0. The predicted molar refractivity (Wildman–Crippen MR) is 116 cm³/mol. The number of aryl methyl sites for hydroxylation is 3. The lowest BCUT2D eigenvalue weighted by atomic mass is 10.1. The second kappa shape index (κ2) is 8.35. The lowest BCUT2D eigenvalue weighted by Crippen LogP contribution is -2.27. The zero-order valence-corrected chi connectivity index (χ0v) is 16.9. The third kappa shape index (κ3) is 4.40. The first kappa shape index (κ1) is 19.0. The Bertz CT molecular complexity index is 1120. The molecule has 0 aliphatic heterocycles. The van der Waals surface area contributed by atoms with Crippen LogP contribution in [0.4, 0.5) is 0 Å². The third-order valence-corrected chi connectivity index (χ3v) is 5.19. The zero-order chi connectivity index (χ0) is 20.2. The monoisotopic (exact) mass is 386 g/mol. The minimum absolute atomic E-state index is 0.0871. The first-order valence-electron chi connectivity index (χ1n) is 10.0. The predicted octanol–water partition coefficient (Wildman–Crippen LogP) is 4.19. The lowest BCUT2D eigenvalue weighted by Gasteiger charge is -2.09. The van der Waals surface area contributed by atoms with Gasteiger partial charge in [0.25, 0.3) is 0 Å². The Labute approximate surface area is 171 Å². The third-order valence-electron chi connectivity index (χ3n) is 5.19. The molecule has 0 saturated carbocycles. The quantitative estimate of drug-likeness (QED) is 0.518. The van der Waals surface area contributed by atoms with Crippen molar-refractivity contribution in [3.63, 3.8) is 0 Å². The van der Waals surface area contributed by atoms with Gasteiger partial charge in [-0.3, -0.25) is 4.79 Å². The molecule has 0 fully saturated rings. The second-order valence-corrected chi connectivity index (χ2v) is 7.42. The fourth-order valence-electron chi connectivity index (χ4n) is 3.69. The SMILES string of the molecule is Cc1cc(C)n(-c2ccc(CCC(=O)NCCn3ccc4ccccc43)cc2)n1. The molecule has 4 rings (SSSR count). The molecule has 0 bridgehead atoms. The molecule has 4 aromatic rings. The molecule has 0 saturated heterocycles. The van der Waals surface area contributed by atoms with E-state index in [1.54, 1.807) is 0 Å². The van der Waals surface area contributed by atoms with Crippen molar-refractivity contribution in [2.45, 2.75) is 33.2 Å². The van der Waals surface area contributed by atoms with Crippen LogP contribution in [0.25, 0.3) is 16.6 Å². The molecule has 5 nitrogen and oxygen atoms in total. The molecule has 2 heterocycles. The highest BCUT2D eigenvalue weighted by Gasteiger charge is 2.06. The number of carbonyl (C=O) groups is 1. The van der Waals surface area contributed by atoms with Gasteiger partial charge in [0.2, 0.25) is 5.91 Å². The maximum Gasteiger partial charge on any atom is 0.220 e. The molecule has 0 aliphatic rings. The molecule has 0 spiro atoms. The number of nitrogens with one attached hydrogen (secondary N) is 1. The highest BCUT2D eigenvalue weighted by atomic mass is 16.1. The minimum atomic E-state index is 0.0871. The maximum atomic E-state index is 12.2. The van der Waals surface area contributed by atoms with Crippen molar-refractivity contribution in [2.24, 2.45) is 0 Å². The molecular weight excluding hydrogens is 360 g/mol. The average molecular weight is 386 g/mol. The average Bonchev–Trinajstić information content (AvgIpc) is 3.29. The molecule has 2 aromatic heterocycles. The maximum absolute atomic E-state index is 12.2. The number of benzene rings is 2. The van der Waals surface area contributed by atoms with E-state index in [1.165, 1.54) is 10.9 Å². The van der Waals surface area contributed by atoms with E-state index in [9.17, 15) is 4.79 Å². The van der Waals surface area contributed by atoms with Gasteiger partial charge in [0.15, 0.2) is 0 Å². The van der Waals surface area contributed by atoms with Crippen LogP contribution in [-0.4, -0.2) is 26.8 Å². The summed E-state index contributed by atoms with van der Waals surface area (Å²) in [5.74, 6) is 0.0871. The minimum Gasteiger partial charge on any atom is -0.354 e. The standard InChI is InChI=1S/C24H26N4O/c1-18-17-19(2)28(26-18)22-10-7-20(8-11-22)9-12-24(29)25-14-16-27-15-13-21-5-3-4-6-23(21)27/h3-8,10-11,13,15,17H,9,12,14,16H2,1-2H3,(H,25,29). The topological polar surface area (TPSA) is 51.9 Å².